The Hall–Kier alpha value is -1.48. The van der Waals surface area contributed by atoms with Gasteiger partial charge in [0.25, 0.3) is 0 Å². The quantitative estimate of drug-likeness (QED) is 0.785. The summed E-state index contributed by atoms with van der Waals surface area (Å²) in [6, 6.07) is 4.32. The third-order valence-corrected chi connectivity index (χ3v) is 6.41. The Labute approximate surface area is 154 Å². The number of carbonyl (C=O) groups is 1. The van der Waals surface area contributed by atoms with Crippen molar-refractivity contribution >= 4 is 28.4 Å². The zero-order valence-corrected chi connectivity index (χ0v) is 15.9. The molecule has 0 unspecified atom stereocenters. The van der Waals surface area contributed by atoms with Crippen LogP contribution in [0, 0.1) is 18.8 Å². The summed E-state index contributed by atoms with van der Waals surface area (Å²) in [5.74, 6) is 1.27. The second kappa shape index (κ2) is 6.68. The highest BCUT2D eigenvalue weighted by Gasteiger charge is 2.28. The van der Waals surface area contributed by atoms with Crippen LogP contribution in [0.1, 0.15) is 55.8 Å². The second-order valence-corrected chi connectivity index (χ2v) is 8.57. The number of benzene rings is 1. The van der Waals surface area contributed by atoms with Gasteiger partial charge in [-0.2, -0.15) is 0 Å². The van der Waals surface area contributed by atoms with Crippen molar-refractivity contribution in [2.45, 2.75) is 64.8 Å². The van der Waals surface area contributed by atoms with Crippen molar-refractivity contribution in [2.24, 2.45) is 11.8 Å². The predicted molar refractivity (Wildman–Crippen MR) is 103 cm³/mol. The summed E-state index contributed by atoms with van der Waals surface area (Å²) >= 11 is 6.27. The molecule has 1 fully saturated rings. The van der Waals surface area contributed by atoms with E-state index in [1.54, 1.807) is 0 Å². The fourth-order valence-electron chi connectivity index (χ4n) is 4.61. The van der Waals surface area contributed by atoms with Gasteiger partial charge in [-0.15, -0.1) is 0 Å². The summed E-state index contributed by atoms with van der Waals surface area (Å²) in [5.41, 5.74) is 5.04. The van der Waals surface area contributed by atoms with Crippen LogP contribution in [-0.4, -0.2) is 16.9 Å². The molecular formula is C21H27ClN2O. The zero-order chi connectivity index (χ0) is 17.6. The summed E-state index contributed by atoms with van der Waals surface area (Å²) < 4.78 is 0. The average molecular weight is 359 g/mol. The fourth-order valence-corrected chi connectivity index (χ4v) is 4.89. The first-order chi connectivity index (χ1) is 12.0. The molecule has 4 rings (SSSR count). The van der Waals surface area contributed by atoms with Crippen molar-refractivity contribution in [1.29, 1.82) is 0 Å². The lowest BCUT2D eigenvalue weighted by Gasteiger charge is -2.29. The summed E-state index contributed by atoms with van der Waals surface area (Å²) in [7, 11) is 0. The summed E-state index contributed by atoms with van der Waals surface area (Å²) in [5, 5.41) is 5.36. The van der Waals surface area contributed by atoms with Gasteiger partial charge < -0.3 is 10.3 Å². The Kier molecular flexibility index (Phi) is 4.53. The van der Waals surface area contributed by atoms with E-state index in [9.17, 15) is 4.79 Å². The first-order valence-electron chi connectivity index (χ1n) is 9.61. The minimum Gasteiger partial charge on any atom is -0.358 e. The lowest BCUT2D eigenvalue weighted by atomic mass is 9.82. The summed E-state index contributed by atoms with van der Waals surface area (Å²) in [4.78, 5) is 16.2. The molecule has 2 aliphatic rings. The summed E-state index contributed by atoms with van der Waals surface area (Å²) in [6.45, 7) is 4.39. The Morgan fingerprint density at radius 2 is 1.96 bits per heavy atom. The maximum Gasteiger partial charge on any atom is 0.223 e. The maximum atomic E-state index is 12.7. The number of fused-ring (bicyclic) bond motifs is 3. The Bertz CT molecular complexity index is 802. The molecule has 0 spiro atoms. The molecule has 4 heteroatoms. The van der Waals surface area contributed by atoms with Crippen LogP contribution in [0.5, 0.6) is 0 Å². The highest BCUT2D eigenvalue weighted by atomic mass is 35.5. The van der Waals surface area contributed by atoms with Gasteiger partial charge in [-0.1, -0.05) is 18.5 Å². The molecule has 1 aromatic carbocycles. The number of carbonyl (C=O) groups excluding carboxylic acids is 1. The fraction of sp³-hybridized carbons (Fsp3) is 0.571. The maximum absolute atomic E-state index is 12.7. The van der Waals surface area contributed by atoms with Crippen LogP contribution >= 0.6 is 11.6 Å². The zero-order valence-electron chi connectivity index (χ0n) is 15.1. The highest BCUT2D eigenvalue weighted by Crippen LogP contribution is 2.33. The van der Waals surface area contributed by atoms with Gasteiger partial charge in [0.15, 0.2) is 0 Å². The lowest BCUT2D eigenvalue weighted by Crippen LogP contribution is -2.42. The molecule has 25 heavy (non-hydrogen) atoms. The van der Waals surface area contributed by atoms with E-state index in [1.807, 2.05) is 6.07 Å². The molecule has 1 heterocycles. The van der Waals surface area contributed by atoms with Crippen molar-refractivity contribution in [3.63, 3.8) is 0 Å². The van der Waals surface area contributed by atoms with Crippen LogP contribution < -0.4 is 5.32 Å². The Morgan fingerprint density at radius 3 is 2.72 bits per heavy atom. The number of hydrogen-bond acceptors (Lipinski definition) is 1. The third kappa shape index (κ3) is 3.31. The number of halogens is 1. The van der Waals surface area contributed by atoms with Gasteiger partial charge in [0.1, 0.15) is 0 Å². The van der Waals surface area contributed by atoms with Crippen LogP contribution in [0.25, 0.3) is 10.9 Å². The molecule has 0 bridgehead atoms. The van der Waals surface area contributed by atoms with Crippen LogP contribution in [0.3, 0.4) is 0 Å². The van der Waals surface area contributed by atoms with Gasteiger partial charge in [0.2, 0.25) is 5.91 Å². The topological polar surface area (TPSA) is 44.9 Å². The minimum absolute atomic E-state index is 0.220. The normalized spacial score (nSPS) is 26.4. The standard InChI is InChI=1S/C21H27ClN2O/c1-12-3-5-14(6-4-12)21(25)23-16-7-8-19-17(11-16)18-10-15(22)9-13(2)20(18)24-19/h9-10,12,14,16,24H,3-8,11H2,1-2H3,(H,23,25)/t12?,14?,16-/m1/s1. The number of aryl methyl sites for hydroxylation is 2. The van der Waals surface area contributed by atoms with E-state index in [1.165, 1.54) is 40.6 Å². The van der Waals surface area contributed by atoms with Crippen molar-refractivity contribution in [3.8, 4) is 0 Å². The molecule has 2 aliphatic carbocycles. The van der Waals surface area contributed by atoms with E-state index in [0.29, 0.717) is 0 Å². The van der Waals surface area contributed by atoms with E-state index in [0.717, 1.165) is 43.0 Å². The molecule has 2 aromatic rings. The SMILES string of the molecule is Cc1cc(Cl)cc2c3c([nH]c12)CC[C@@H](NC(=O)C1CCC(C)CC1)C3. The van der Waals surface area contributed by atoms with Gasteiger partial charge in [-0.3, -0.25) is 4.79 Å². The van der Waals surface area contributed by atoms with Gasteiger partial charge in [-0.05, 0) is 81.0 Å². The van der Waals surface area contributed by atoms with Crippen molar-refractivity contribution in [2.75, 3.05) is 0 Å². The molecule has 0 saturated heterocycles. The van der Waals surface area contributed by atoms with Gasteiger partial charge in [0, 0.05) is 33.6 Å². The molecule has 1 amide bonds. The number of amides is 1. The van der Waals surface area contributed by atoms with E-state index in [2.05, 4.69) is 30.2 Å². The first-order valence-corrected chi connectivity index (χ1v) is 9.99. The molecule has 0 radical (unpaired) electrons. The predicted octanol–water partition coefficient (Wildman–Crippen LogP) is 4.93. The van der Waals surface area contributed by atoms with E-state index >= 15 is 0 Å². The minimum atomic E-state index is 0.220. The van der Waals surface area contributed by atoms with E-state index in [-0.39, 0.29) is 17.9 Å². The molecule has 2 N–H and O–H groups in total. The van der Waals surface area contributed by atoms with Gasteiger partial charge in [-0.25, -0.2) is 0 Å². The monoisotopic (exact) mass is 358 g/mol. The first kappa shape index (κ1) is 17.0. The summed E-state index contributed by atoms with van der Waals surface area (Å²) in [6.07, 6.45) is 7.39. The van der Waals surface area contributed by atoms with Crippen LogP contribution in [-0.2, 0) is 17.6 Å². The van der Waals surface area contributed by atoms with E-state index < -0.39 is 0 Å². The molecule has 1 aromatic heterocycles. The largest absolute Gasteiger partial charge is 0.358 e. The molecule has 134 valence electrons. The number of H-pyrrole nitrogens is 1. The van der Waals surface area contributed by atoms with Crippen LogP contribution in [0.4, 0.5) is 0 Å². The third-order valence-electron chi connectivity index (χ3n) is 6.19. The number of aromatic nitrogens is 1. The van der Waals surface area contributed by atoms with Crippen LogP contribution in [0.2, 0.25) is 5.02 Å². The number of nitrogens with one attached hydrogen (secondary N) is 2. The van der Waals surface area contributed by atoms with Gasteiger partial charge >= 0.3 is 0 Å². The number of aromatic amines is 1. The number of rotatable bonds is 2. The van der Waals surface area contributed by atoms with Crippen molar-refractivity contribution < 1.29 is 4.79 Å². The molecule has 0 aliphatic heterocycles. The van der Waals surface area contributed by atoms with Crippen LogP contribution in [0.15, 0.2) is 12.1 Å². The molecule has 3 nitrogen and oxygen atoms in total. The van der Waals surface area contributed by atoms with Crippen molar-refractivity contribution in [3.05, 3.63) is 34.0 Å². The number of hydrogen-bond donors (Lipinski definition) is 2. The molecular weight excluding hydrogens is 332 g/mol. The van der Waals surface area contributed by atoms with Gasteiger partial charge in [0.05, 0.1) is 0 Å². The second-order valence-electron chi connectivity index (χ2n) is 8.13. The average Bonchev–Trinajstić information content (AvgIpc) is 2.94. The highest BCUT2D eigenvalue weighted by molar-refractivity contribution is 6.31. The smallest absolute Gasteiger partial charge is 0.223 e. The molecule has 1 atom stereocenters. The Morgan fingerprint density at radius 1 is 1.20 bits per heavy atom. The van der Waals surface area contributed by atoms with Crippen molar-refractivity contribution in [1.82, 2.24) is 10.3 Å². The molecule has 1 saturated carbocycles. The van der Waals surface area contributed by atoms with E-state index in [4.69, 9.17) is 11.6 Å². The Balaban J connectivity index is 1.50. The lowest BCUT2D eigenvalue weighted by molar-refractivity contribution is -0.127.